The Bertz CT molecular complexity index is 954. The standard InChI is InChI=1S/C19H17Cl2N3O4/c1-3-27-19(25)17-18(28-16-9-13(20)8-14(21)10-16)24(23-22-17)11-12-4-6-15(26-2)7-5-12/h4-10H,3,11H2,1-2H3. The lowest BCUT2D eigenvalue weighted by Gasteiger charge is -2.10. The Morgan fingerprint density at radius 1 is 1.07 bits per heavy atom. The molecule has 28 heavy (non-hydrogen) atoms. The van der Waals surface area contributed by atoms with Crippen LogP contribution in [-0.4, -0.2) is 34.7 Å². The number of hydrogen-bond acceptors (Lipinski definition) is 6. The van der Waals surface area contributed by atoms with Gasteiger partial charge in [-0.05, 0) is 42.8 Å². The third kappa shape index (κ3) is 4.74. The van der Waals surface area contributed by atoms with Gasteiger partial charge in [0.1, 0.15) is 11.5 Å². The lowest BCUT2D eigenvalue weighted by atomic mass is 10.2. The molecule has 0 aliphatic heterocycles. The van der Waals surface area contributed by atoms with Gasteiger partial charge in [0, 0.05) is 10.0 Å². The van der Waals surface area contributed by atoms with Gasteiger partial charge in [0.05, 0.1) is 20.3 Å². The first-order chi connectivity index (χ1) is 13.5. The van der Waals surface area contributed by atoms with E-state index in [0.717, 1.165) is 11.3 Å². The van der Waals surface area contributed by atoms with E-state index in [1.807, 2.05) is 24.3 Å². The van der Waals surface area contributed by atoms with Crippen molar-refractivity contribution in [2.45, 2.75) is 13.5 Å². The van der Waals surface area contributed by atoms with E-state index in [2.05, 4.69) is 10.3 Å². The molecule has 0 bridgehead atoms. The van der Waals surface area contributed by atoms with Gasteiger partial charge in [-0.25, -0.2) is 9.48 Å². The summed E-state index contributed by atoms with van der Waals surface area (Å²) in [6, 6.07) is 12.1. The van der Waals surface area contributed by atoms with Gasteiger partial charge in [-0.1, -0.05) is 40.5 Å². The minimum Gasteiger partial charge on any atom is -0.497 e. The van der Waals surface area contributed by atoms with Crippen molar-refractivity contribution in [3.8, 4) is 17.4 Å². The van der Waals surface area contributed by atoms with Crippen molar-refractivity contribution in [1.82, 2.24) is 15.0 Å². The van der Waals surface area contributed by atoms with E-state index >= 15 is 0 Å². The number of hydrogen-bond donors (Lipinski definition) is 0. The molecule has 0 fully saturated rings. The Labute approximate surface area is 171 Å². The van der Waals surface area contributed by atoms with Crippen LogP contribution in [0.25, 0.3) is 0 Å². The van der Waals surface area contributed by atoms with E-state index in [1.54, 1.807) is 32.2 Å². The summed E-state index contributed by atoms with van der Waals surface area (Å²) in [6.07, 6.45) is 0. The molecule has 0 saturated carbocycles. The molecule has 3 aromatic rings. The van der Waals surface area contributed by atoms with Gasteiger partial charge in [0.2, 0.25) is 5.69 Å². The van der Waals surface area contributed by atoms with Crippen molar-refractivity contribution in [3.05, 3.63) is 63.8 Å². The summed E-state index contributed by atoms with van der Waals surface area (Å²) < 4.78 is 17.5. The van der Waals surface area contributed by atoms with Crippen LogP contribution in [0.1, 0.15) is 23.0 Å². The molecule has 146 valence electrons. The molecule has 1 aromatic heterocycles. The second-order valence-corrected chi connectivity index (χ2v) is 6.55. The first-order valence-electron chi connectivity index (χ1n) is 8.37. The maximum atomic E-state index is 12.3. The van der Waals surface area contributed by atoms with Crippen molar-refractivity contribution in [1.29, 1.82) is 0 Å². The zero-order chi connectivity index (χ0) is 20.1. The number of carbonyl (C=O) groups is 1. The zero-order valence-corrected chi connectivity index (χ0v) is 16.7. The number of methoxy groups -OCH3 is 1. The molecule has 3 rings (SSSR count). The Morgan fingerprint density at radius 3 is 2.36 bits per heavy atom. The Kier molecular flexibility index (Phi) is 6.38. The minimum absolute atomic E-state index is 0.0357. The maximum absolute atomic E-state index is 12.3. The third-order valence-corrected chi connectivity index (χ3v) is 4.14. The summed E-state index contributed by atoms with van der Waals surface area (Å²) in [4.78, 5) is 12.3. The number of aromatic nitrogens is 3. The van der Waals surface area contributed by atoms with Gasteiger partial charge in [-0.3, -0.25) is 0 Å². The third-order valence-electron chi connectivity index (χ3n) is 3.70. The molecule has 7 nitrogen and oxygen atoms in total. The van der Waals surface area contributed by atoms with Crippen molar-refractivity contribution in [3.63, 3.8) is 0 Å². The molecule has 0 radical (unpaired) electrons. The molecule has 2 aromatic carbocycles. The van der Waals surface area contributed by atoms with Gasteiger partial charge in [0.15, 0.2) is 0 Å². The highest BCUT2D eigenvalue weighted by molar-refractivity contribution is 6.34. The normalized spacial score (nSPS) is 10.6. The van der Waals surface area contributed by atoms with E-state index < -0.39 is 5.97 Å². The summed E-state index contributed by atoms with van der Waals surface area (Å²) in [6.45, 7) is 2.23. The molecule has 0 aliphatic carbocycles. The second-order valence-electron chi connectivity index (χ2n) is 5.68. The molecule has 0 atom stereocenters. The van der Waals surface area contributed by atoms with E-state index in [-0.39, 0.29) is 18.2 Å². The summed E-state index contributed by atoms with van der Waals surface area (Å²) in [7, 11) is 1.60. The van der Waals surface area contributed by atoms with Crippen LogP contribution in [-0.2, 0) is 11.3 Å². The van der Waals surface area contributed by atoms with Gasteiger partial charge < -0.3 is 14.2 Å². The monoisotopic (exact) mass is 421 g/mol. The number of halogens is 2. The van der Waals surface area contributed by atoms with Crippen LogP contribution in [0.4, 0.5) is 0 Å². The molecular formula is C19H17Cl2N3O4. The van der Waals surface area contributed by atoms with Gasteiger partial charge >= 0.3 is 5.97 Å². The molecule has 0 spiro atoms. The first-order valence-corrected chi connectivity index (χ1v) is 9.13. The SMILES string of the molecule is CCOC(=O)c1nnn(Cc2ccc(OC)cc2)c1Oc1cc(Cl)cc(Cl)c1. The molecule has 0 amide bonds. The van der Waals surface area contributed by atoms with Crippen LogP contribution < -0.4 is 9.47 Å². The topological polar surface area (TPSA) is 75.5 Å². The lowest BCUT2D eigenvalue weighted by Crippen LogP contribution is -2.09. The first kappa shape index (κ1) is 20.0. The Balaban J connectivity index is 1.95. The molecule has 0 aliphatic rings. The Morgan fingerprint density at radius 2 is 1.75 bits per heavy atom. The summed E-state index contributed by atoms with van der Waals surface area (Å²) >= 11 is 12.1. The van der Waals surface area contributed by atoms with Crippen molar-refractivity contribution in [2.75, 3.05) is 13.7 Å². The predicted molar refractivity (Wildman–Crippen MR) is 105 cm³/mol. The summed E-state index contributed by atoms with van der Waals surface area (Å²) in [5.74, 6) is 0.583. The van der Waals surface area contributed by atoms with Crippen LogP contribution in [0.2, 0.25) is 10.0 Å². The number of benzene rings is 2. The maximum Gasteiger partial charge on any atom is 0.364 e. The fourth-order valence-electron chi connectivity index (χ4n) is 2.44. The molecule has 0 saturated heterocycles. The average Bonchev–Trinajstić information content (AvgIpc) is 3.04. The van der Waals surface area contributed by atoms with Crippen LogP contribution in [0.5, 0.6) is 17.4 Å². The van der Waals surface area contributed by atoms with E-state index in [1.165, 1.54) is 4.68 Å². The largest absolute Gasteiger partial charge is 0.497 e. The molecular weight excluding hydrogens is 405 g/mol. The molecule has 1 heterocycles. The number of ether oxygens (including phenoxy) is 3. The predicted octanol–water partition coefficient (Wildman–Crippen LogP) is 4.61. The number of rotatable bonds is 7. The zero-order valence-electron chi connectivity index (χ0n) is 15.2. The van der Waals surface area contributed by atoms with Crippen molar-refractivity contribution >= 4 is 29.2 Å². The number of carbonyl (C=O) groups excluding carboxylic acids is 1. The summed E-state index contributed by atoms with van der Waals surface area (Å²) in [5, 5.41) is 8.77. The smallest absolute Gasteiger partial charge is 0.364 e. The highest BCUT2D eigenvalue weighted by Crippen LogP contribution is 2.30. The van der Waals surface area contributed by atoms with Crippen LogP contribution >= 0.6 is 23.2 Å². The number of esters is 1. The average molecular weight is 422 g/mol. The minimum atomic E-state index is -0.633. The summed E-state index contributed by atoms with van der Waals surface area (Å²) in [5.41, 5.74) is 0.876. The molecule has 0 unspecified atom stereocenters. The van der Waals surface area contributed by atoms with Crippen LogP contribution in [0.15, 0.2) is 42.5 Å². The molecule has 9 heteroatoms. The Hall–Kier alpha value is -2.77. The van der Waals surface area contributed by atoms with Gasteiger partial charge in [-0.2, -0.15) is 0 Å². The fraction of sp³-hybridized carbons (Fsp3) is 0.211. The second kappa shape index (κ2) is 8.95. The molecule has 0 N–H and O–H groups in total. The highest BCUT2D eigenvalue weighted by Gasteiger charge is 2.23. The van der Waals surface area contributed by atoms with E-state index in [0.29, 0.717) is 22.3 Å². The highest BCUT2D eigenvalue weighted by atomic mass is 35.5. The fourth-order valence-corrected chi connectivity index (χ4v) is 2.95. The number of nitrogens with zero attached hydrogens (tertiary/aromatic N) is 3. The van der Waals surface area contributed by atoms with E-state index in [4.69, 9.17) is 37.4 Å². The van der Waals surface area contributed by atoms with Crippen LogP contribution in [0, 0.1) is 0 Å². The van der Waals surface area contributed by atoms with Crippen molar-refractivity contribution in [2.24, 2.45) is 0 Å². The van der Waals surface area contributed by atoms with Gasteiger partial charge in [-0.15, -0.1) is 5.10 Å². The quantitative estimate of drug-likeness (QED) is 0.518. The van der Waals surface area contributed by atoms with Gasteiger partial charge in [0.25, 0.3) is 5.88 Å². The van der Waals surface area contributed by atoms with Crippen LogP contribution in [0.3, 0.4) is 0 Å². The lowest BCUT2D eigenvalue weighted by molar-refractivity contribution is 0.0516. The van der Waals surface area contributed by atoms with E-state index in [9.17, 15) is 4.79 Å². The van der Waals surface area contributed by atoms with Crippen molar-refractivity contribution < 1.29 is 19.0 Å².